The Morgan fingerprint density at radius 3 is 1.62 bits per heavy atom. The Morgan fingerprint density at radius 2 is 1.35 bits per heavy atom. The van der Waals surface area contributed by atoms with Crippen LogP contribution < -0.4 is 0 Å². The van der Waals surface area contributed by atoms with Crippen molar-refractivity contribution in [1.82, 2.24) is 4.90 Å². The first-order valence-corrected chi connectivity index (χ1v) is 9.28. The van der Waals surface area contributed by atoms with Gasteiger partial charge in [0.2, 0.25) is 5.60 Å². The zero-order valence-corrected chi connectivity index (χ0v) is 15.3. The van der Waals surface area contributed by atoms with E-state index >= 15 is 0 Å². The summed E-state index contributed by atoms with van der Waals surface area (Å²) < 4.78 is 4.74. The van der Waals surface area contributed by atoms with E-state index in [1.54, 1.807) is 48.5 Å². The maximum Gasteiger partial charge on any atom is 0.347 e. The monoisotopic (exact) mass is 353 g/mol. The maximum absolute atomic E-state index is 12.0. The van der Waals surface area contributed by atoms with Gasteiger partial charge in [0.1, 0.15) is 0 Å². The second kappa shape index (κ2) is 8.47. The minimum atomic E-state index is -1.77. The number of benzene rings is 2. The van der Waals surface area contributed by atoms with Crippen molar-refractivity contribution in [3.63, 3.8) is 0 Å². The molecule has 0 unspecified atom stereocenters. The fourth-order valence-corrected chi connectivity index (χ4v) is 3.77. The molecule has 3 fully saturated rings. The molecule has 2 bridgehead atoms. The second-order valence-electron chi connectivity index (χ2n) is 7.01. The van der Waals surface area contributed by atoms with E-state index in [2.05, 4.69) is 4.90 Å². The molecule has 3 aliphatic rings. The predicted molar refractivity (Wildman–Crippen MR) is 102 cm³/mol. The molecule has 3 aliphatic heterocycles. The third-order valence-electron chi connectivity index (χ3n) is 5.42. The van der Waals surface area contributed by atoms with E-state index in [4.69, 9.17) is 4.74 Å². The fourth-order valence-electron chi connectivity index (χ4n) is 3.77. The van der Waals surface area contributed by atoms with Gasteiger partial charge in [-0.2, -0.15) is 0 Å². The number of methoxy groups -OCH3 is 1. The van der Waals surface area contributed by atoms with Crippen LogP contribution in [0.3, 0.4) is 0 Å². The molecule has 0 spiro atoms. The maximum atomic E-state index is 12.0. The van der Waals surface area contributed by atoms with Gasteiger partial charge in [-0.15, -0.1) is 0 Å². The number of hydrogen-bond acceptors (Lipinski definition) is 4. The molecule has 2 aromatic rings. The highest BCUT2D eigenvalue weighted by Crippen LogP contribution is 2.30. The van der Waals surface area contributed by atoms with Crippen molar-refractivity contribution >= 4 is 5.97 Å². The first-order chi connectivity index (χ1) is 12.6. The molecule has 1 N–H and O–H groups in total. The number of carbonyl (C=O) groups is 1. The highest BCUT2D eigenvalue weighted by molar-refractivity contribution is 5.85. The second-order valence-corrected chi connectivity index (χ2v) is 7.01. The number of hydrogen-bond donors (Lipinski definition) is 1. The third kappa shape index (κ3) is 3.97. The number of nitrogens with zero attached hydrogens (tertiary/aromatic N) is 1. The highest BCUT2D eigenvalue weighted by atomic mass is 16.5. The molecule has 26 heavy (non-hydrogen) atoms. The van der Waals surface area contributed by atoms with Gasteiger partial charge in [0.05, 0.1) is 7.11 Å². The fraction of sp³-hybridized carbons (Fsp3) is 0.409. The van der Waals surface area contributed by atoms with Crippen molar-refractivity contribution in [2.75, 3.05) is 26.7 Å². The van der Waals surface area contributed by atoms with Gasteiger partial charge in [0.25, 0.3) is 0 Å². The Labute approximate surface area is 155 Å². The Morgan fingerprint density at radius 1 is 0.923 bits per heavy atom. The Hall–Kier alpha value is -2.17. The molecular formula is C22H27NO3. The number of piperidine rings is 3. The minimum absolute atomic E-state index is 0.489. The molecule has 0 radical (unpaired) electrons. The number of aliphatic hydroxyl groups is 1. The van der Waals surface area contributed by atoms with E-state index in [1.165, 1.54) is 46.0 Å². The molecule has 3 heterocycles. The quantitative estimate of drug-likeness (QED) is 0.861. The number of rotatable bonds is 3. The lowest BCUT2D eigenvalue weighted by Crippen LogP contribution is -2.41. The smallest absolute Gasteiger partial charge is 0.347 e. The van der Waals surface area contributed by atoms with E-state index in [0.717, 1.165) is 5.92 Å². The van der Waals surface area contributed by atoms with Crippen LogP contribution >= 0.6 is 0 Å². The van der Waals surface area contributed by atoms with Crippen LogP contribution in [0.5, 0.6) is 0 Å². The average molecular weight is 353 g/mol. The molecular weight excluding hydrogens is 326 g/mol. The summed E-state index contributed by atoms with van der Waals surface area (Å²) in [5, 5.41) is 10.7. The molecule has 0 amide bonds. The molecule has 138 valence electrons. The summed E-state index contributed by atoms with van der Waals surface area (Å²) in [5.41, 5.74) is -0.789. The van der Waals surface area contributed by atoms with E-state index in [1.807, 2.05) is 12.1 Å². The van der Waals surface area contributed by atoms with Crippen LogP contribution in [0.15, 0.2) is 60.7 Å². The van der Waals surface area contributed by atoms with Crippen molar-refractivity contribution in [3.05, 3.63) is 71.8 Å². The number of esters is 1. The number of ether oxygens (including phenoxy) is 1. The van der Waals surface area contributed by atoms with Crippen molar-refractivity contribution < 1.29 is 14.6 Å². The zero-order chi connectivity index (χ0) is 18.4. The van der Waals surface area contributed by atoms with E-state index in [9.17, 15) is 9.90 Å². The molecule has 0 aromatic heterocycles. The molecule has 3 saturated heterocycles. The van der Waals surface area contributed by atoms with Gasteiger partial charge < -0.3 is 14.7 Å². The Balaban J connectivity index is 0.000000201. The first kappa shape index (κ1) is 18.6. The van der Waals surface area contributed by atoms with Crippen LogP contribution in [0, 0.1) is 5.92 Å². The van der Waals surface area contributed by atoms with Gasteiger partial charge in [0, 0.05) is 0 Å². The summed E-state index contributed by atoms with van der Waals surface area (Å²) >= 11 is 0. The average Bonchev–Trinajstić information content (AvgIpc) is 2.75. The SMILES string of the molecule is C1CN2CCC1CC2.COC(=O)C(O)(c1ccccc1)c1ccccc1. The zero-order valence-electron chi connectivity index (χ0n) is 15.3. The summed E-state index contributed by atoms with van der Waals surface area (Å²) in [4.78, 5) is 14.5. The molecule has 4 heteroatoms. The Bertz CT molecular complexity index is 631. The summed E-state index contributed by atoms with van der Waals surface area (Å²) in [7, 11) is 1.26. The lowest BCUT2D eigenvalue weighted by molar-refractivity contribution is -0.158. The molecule has 5 rings (SSSR count). The van der Waals surface area contributed by atoms with Gasteiger partial charge in [-0.3, -0.25) is 0 Å². The lowest BCUT2D eigenvalue weighted by atomic mass is 9.86. The summed E-state index contributed by atoms with van der Waals surface area (Å²) in [6.45, 7) is 4.18. The van der Waals surface area contributed by atoms with Crippen molar-refractivity contribution in [2.24, 2.45) is 5.92 Å². The van der Waals surface area contributed by atoms with Gasteiger partial charge in [-0.1, -0.05) is 60.7 Å². The van der Waals surface area contributed by atoms with Crippen LogP contribution in [0.2, 0.25) is 0 Å². The van der Waals surface area contributed by atoms with E-state index in [-0.39, 0.29) is 0 Å². The summed E-state index contributed by atoms with van der Waals surface area (Å²) in [6, 6.07) is 17.5. The molecule has 4 nitrogen and oxygen atoms in total. The van der Waals surface area contributed by atoms with Crippen LogP contribution in [0.25, 0.3) is 0 Å². The Kier molecular flexibility index (Phi) is 6.07. The van der Waals surface area contributed by atoms with Crippen molar-refractivity contribution in [3.8, 4) is 0 Å². The number of fused-ring (bicyclic) bond motifs is 3. The van der Waals surface area contributed by atoms with Crippen LogP contribution in [0.4, 0.5) is 0 Å². The van der Waals surface area contributed by atoms with Gasteiger partial charge in [-0.05, 0) is 55.9 Å². The van der Waals surface area contributed by atoms with Gasteiger partial charge in [0.15, 0.2) is 0 Å². The van der Waals surface area contributed by atoms with Gasteiger partial charge in [-0.25, -0.2) is 4.79 Å². The topological polar surface area (TPSA) is 49.8 Å². The molecule has 0 atom stereocenters. The van der Waals surface area contributed by atoms with Crippen molar-refractivity contribution in [2.45, 2.75) is 24.9 Å². The standard InChI is InChI=1S/C15H14O3.C7H13N/c1-18-14(16)15(17,12-8-4-2-5-9-12)13-10-6-3-7-11-13;1-4-8-5-2-7(1)3-6-8/h2-11,17H,1H3;7H,1-6H2. The highest BCUT2D eigenvalue weighted by Gasteiger charge is 2.40. The summed E-state index contributed by atoms with van der Waals surface area (Å²) in [6.07, 6.45) is 4.46. The normalized spacial score (nSPS) is 21.5. The largest absolute Gasteiger partial charge is 0.466 e. The van der Waals surface area contributed by atoms with Crippen LogP contribution in [-0.4, -0.2) is 42.7 Å². The lowest BCUT2D eigenvalue weighted by Gasteiger charge is -2.38. The molecule has 2 aromatic carbocycles. The minimum Gasteiger partial charge on any atom is -0.466 e. The van der Waals surface area contributed by atoms with Gasteiger partial charge >= 0.3 is 5.97 Å². The molecule has 0 saturated carbocycles. The van der Waals surface area contributed by atoms with Crippen molar-refractivity contribution in [1.29, 1.82) is 0 Å². The summed E-state index contributed by atoms with van der Waals surface area (Å²) in [5.74, 6) is 0.417. The third-order valence-corrected chi connectivity index (χ3v) is 5.42. The van der Waals surface area contributed by atoms with E-state index in [0.29, 0.717) is 11.1 Å². The predicted octanol–water partition coefficient (Wildman–Crippen LogP) is 3.20. The first-order valence-electron chi connectivity index (χ1n) is 9.28. The van der Waals surface area contributed by atoms with E-state index < -0.39 is 11.6 Å². The van der Waals surface area contributed by atoms with Crippen LogP contribution in [-0.2, 0) is 15.1 Å². The number of carbonyl (C=O) groups excluding carboxylic acids is 1. The van der Waals surface area contributed by atoms with Crippen LogP contribution in [0.1, 0.15) is 30.4 Å². The molecule has 0 aliphatic carbocycles.